The van der Waals surface area contributed by atoms with Crippen molar-refractivity contribution in [1.29, 1.82) is 0 Å². The zero-order chi connectivity index (χ0) is 11.5. The molecule has 1 aromatic carbocycles. The first-order valence-corrected chi connectivity index (χ1v) is 5.45. The minimum atomic E-state index is 0.216. The van der Waals surface area contributed by atoms with Crippen molar-refractivity contribution in [2.24, 2.45) is 0 Å². The van der Waals surface area contributed by atoms with Gasteiger partial charge in [-0.15, -0.1) is 0 Å². The molecule has 0 saturated heterocycles. The van der Waals surface area contributed by atoms with Crippen molar-refractivity contribution >= 4 is 11.6 Å². The molecular formula is C11H14ClNO3. The summed E-state index contributed by atoms with van der Waals surface area (Å²) in [5.74, 6) is 1.93. The van der Waals surface area contributed by atoms with Crippen LogP contribution in [0.15, 0.2) is 6.07 Å². The molecule has 16 heavy (non-hydrogen) atoms. The fraction of sp³-hybridized carbons (Fsp3) is 0.455. The molecule has 0 spiro atoms. The predicted molar refractivity (Wildman–Crippen MR) is 61.8 cm³/mol. The van der Waals surface area contributed by atoms with Crippen LogP contribution < -0.4 is 19.5 Å². The Hall–Kier alpha value is -1.13. The quantitative estimate of drug-likeness (QED) is 0.876. The van der Waals surface area contributed by atoms with E-state index in [9.17, 15) is 0 Å². The van der Waals surface area contributed by atoms with Crippen molar-refractivity contribution in [3.63, 3.8) is 0 Å². The van der Waals surface area contributed by atoms with E-state index in [4.69, 9.17) is 25.8 Å². The highest BCUT2D eigenvalue weighted by Gasteiger charge is 2.23. The summed E-state index contributed by atoms with van der Waals surface area (Å²) in [5.41, 5.74) is 1.02. The van der Waals surface area contributed by atoms with E-state index < -0.39 is 0 Å². The zero-order valence-electron chi connectivity index (χ0n) is 9.30. The van der Waals surface area contributed by atoms with Crippen LogP contribution in [0.25, 0.3) is 0 Å². The molecule has 1 aliphatic rings. The first-order chi connectivity index (χ1) is 7.77. The Balaban J connectivity index is 2.39. The third-order valence-electron chi connectivity index (χ3n) is 2.49. The molecule has 0 unspecified atom stereocenters. The summed E-state index contributed by atoms with van der Waals surface area (Å²) in [5, 5.41) is 3.57. The molecule has 0 radical (unpaired) electrons. The van der Waals surface area contributed by atoms with E-state index in [0.717, 1.165) is 18.5 Å². The van der Waals surface area contributed by atoms with E-state index in [1.165, 1.54) is 0 Å². The Bertz CT molecular complexity index is 395. The molecule has 5 heteroatoms. The van der Waals surface area contributed by atoms with Gasteiger partial charge in [-0.05, 0) is 26.1 Å². The van der Waals surface area contributed by atoms with Crippen LogP contribution in [-0.2, 0) is 6.42 Å². The van der Waals surface area contributed by atoms with Gasteiger partial charge >= 0.3 is 0 Å². The standard InChI is InChI=1S/C11H14ClNO3/c1-13-4-3-7-5-8-11(16-6-15-8)9(12)10(7)14-2/h5,13H,3-4,6H2,1-2H3. The highest BCUT2D eigenvalue weighted by atomic mass is 35.5. The number of benzene rings is 1. The number of fused-ring (bicyclic) bond motifs is 1. The van der Waals surface area contributed by atoms with Gasteiger partial charge in [0.2, 0.25) is 6.79 Å². The molecule has 0 bridgehead atoms. The maximum Gasteiger partial charge on any atom is 0.231 e. The van der Waals surface area contributed by atoms with Crippen LogP contribution in [0.3, 0.4) is 0 Å². The molecule has 0 aromatic heterocycles. The average Bonchev–Trinajstić information content (AvgIpc) is 2.75. The molecular weight excluding hydrogens is 230 g/mol. The van der Waals surface area contributed by atoms with Crippen molar-refractivity contribution in [3.8, 4) is 17.2 Å². The maximum atomic E-state index is 6.19. The van der Waals surface area contributed by atoms with E-state index in [0.29, 0.717) is 22.3 Å². The molecule has 2 rings (SSSR count). The summed E-state index contributed by atoms with van der Waals surface area (Å²) in [4.78, 5) is 0. The first-order valence-electron chi connectivity index (χ1n) is 5.07. The smallest absolute Gasteiger partial charge is 0.231 e. The van der Waals surface area contributed by atoms with Crippen LogP contribution in [0.5, 0.6) is 17.2 Å². The molecule has 4 nitrogen and oxygen atoms in total. The topological polar surface area (TPSA) is 39.7 Å². The first kappa shape index (κ1) is 11.4. The second kappa shape index (κ2) is 4.80. The number of likely N-dealkylation sites (N-methyl/N-ethyl adjacent to an activating group) is 1. The lowest BCUT2D eigenvalue weighted by atomic mass is 10.1. The molecule has 0 fully saturated rings. The summed E-state index contributed by atoms with van der Waals surface area (Å²) >= 11 is 6.19. The van der Waals surface area contributed by atoms with Gasteiger partial charge in [0.25, 0.3) is 0 Å². The van der Waals surface area contributed by atoms with Crippen molar-refractivity contribution in [3.05, 3.63) is 16.7 Å². The molecule has 1 heterocycles. The van der Waals surface area contributed by atoms with Crippen molar-refractivity contribution < 1.29 is 14.2 Å². The highest BCUT2D eigenvalue weighted by Crippen LogP contribution is 2.46. The Morgan fingerprint density at radius 3 is 3.00 bits per heavy atom. The number of halogens is 1. The molecule has 0 amide bonds. The van der Waals surface area contributed by atoms with E-state index >= 15 is 0 Å². The molecule has 0 atom stereocenters. The van der Waals surface area contributed by atoms with Crippen LogP contribution >= 0.6 is 11.6 Å². The SMILES string of the molecule is CNCCc1cc2c(c(Cl)c1OC)OCO2. The van der Waals surface area contributed by atoms with E-state index in [2.05, 4.69) is 5.32 Å². The van der Waals surface area contributed by atoms with Gasteiger partial charge in [-0.25, -0.2) is 0 Å². The Kier molecular flexibility index (Phi) is 3.41. The van der Waals surface area contributed by atoms with Gasteiger partial charge < -0.3 is 19.5 Å². The van der Waals surface area contributed by atoms with Crippen molar-refractivity contribution in [2.75, 3.05) is 27.5 Å². The van der Waals surface area contributed by atoms with Gasteiger partial charge in [0, 0.05) is 5.56 Å². The summed E-state index contributed by atoms with van der Waals surface area (Å²) in [7, 11) is 3.51. The summed E-state index contributed by atoms with van der Waals surface area (Å²) in [6.07, 6.45) is 0.829. The fourth-order valence-electron chi connectivity index (χ4n) is 1.70. The van der Waals surface area contributed by atoms with Crippen LogP contribution in [-0.4, -0.2) is 27.5 Å². The number of ether oxygens (including phenoxy) is 3. The molecule has 0 saturated carbocycles. The van der Waals surface area contributed by atoms with E-state index in [1.54, 1.807) is 7.11 Å². The molecule has 88 valence electrons. The predicted octanol–water partition coefficient (Wildman–Crippen LogP) is 1.84. The second-order valence-corrected chi connectivity index (χ2v) is 3.85. The summed E-state index contributed by atoms with van der Waals surface area (Å²) < 4.78 is 15.9. The number of methoxy groups -OCH3 is 1. The highest BCUT2D eigenvalue weighted by molar-refractivity contribution is 6.34. The number of nitrogens with one attached hydrogen (secondary N) is 1. The van der Waals surface area contributed by atoms with Gasteiger partial charge in [0.1, 0.15) is 10.8 Å². The van der Waals surface area contributed by atoms with E-state index in [-0.39, 0.29) is 6.79 Å². The average molecular weight is 244 g/mol. The van der Waals surface area contributed by atoms with Crippen LogP contribution in [0.2, 0.25) is 5.02 Å². The second-order valence-electron chi connectivity index (χ2n) is 3.47. The van der Waals surface area contributed by atoms with Crippen LogP contribution in [0.1, 0.15) is 5.56 Å². The third-order valence-corrected chi connectivity index (χ3v) is 2.83. The fourth-order valence-corrected chi connectivity index (χ4v) is 2.05. The number of hydrogen-bond acceptors (Lipinski definition) is 4. The van der Waals surface area contributed by atoms with Gasteiger partial charge in [-0.1, -0.05) is 11.6 Å². The summed E-state index contributed by atoms with van der Waals surface area (Å²) in [6, 6.07) is 1.92. The maximum absolute atomic E-state index is 6.19. The number of rotatable bonds is 4. The molecule has 1 N–H and O–H groups in total. The minimum absolute atomic E-state index is 0.216. The third kappa shape index (κ3) is 1.90. The lowest BCUT2D eigenvalue weighted by Gasteiger charge is -2.12. The monoisotopic (exact) mass is 243 g/mol. The van der Waals surface area contributed by atoms with E-state index in [1.807, 2.05) is 13.1 Å². The Morgan fingerprint density at radius 1 is 1.50 bits per heavy atom. The van der Waals surface area contributed by atoms with Crippen LogP contribution in [0.4, 0.5) is 0 Å². The number of hydrogen-bond donors (Lipinski definition) is 1. The zero-order valence-corrected chi connectivity index (χ0v) is 10.1. The Morgan fingerprint density at radius 2 is 2.31 bits per heavy atom. The van der Waals surface area contributed by atoms with Gasteiger partial charge in [-0.2, -0.15) is 0 Å². The lowest BCUT2D eigenvalue weighted by molar-refractivity contribution is 0.174. The van der Waals surface area contributed by atoms with Gasteiger partial charge in [0.15, 0.2) is 11.5 Å². The van der Waals surface area contributed by atoms with Gasteiger partial charge in [-0.3, -0.25) is 0 Å². The summed E-state index contributed by atoms with van der Waals surface area (Å²) in [6.45, 7) is 1.07. The lowest BCUT2D eigenvalue weighted by Crippen LogP contribution is -2.11. The van der Waals surface area contributed by atoms with Crippen molar-refractivity contribution in [2.45, 2.75) is 6.42 Å². The van der Waals surface area contributed by atoms with Crippen molar-refractivity contribution in [1.82, 2.24) is 5.32 Å². The van der Waals surface area contributed by atoms with Crippen LogP contribution in [0, 0.1) is 0 Å². The molecule has 1 aliphatic heterocycles. The normalized spacial score (nSPS) is 12.9. The Labute approximate surface area is 99.4 Å². The van der Waals surface area contributed by atoms with Gasteiger partial charge in [0.05, 0.1) is 7.11 Å². The largest absolute Gasteiger partial charge is 0.495 e. The molecule has 0 aliphatic carbocycles. The molecule has 1 aromatic rings. The minimum Gasteiger partial charge on any atom is -0.495 e.